The van der Waals surface area contributed by atoms with Gasteiger partial charge in [-0.3, -0.25) is 9.59 Å². The molecule has 1 saturated heterocycles. The van der Waals surface area contributed by atoms with Crippen LogP contribution in [0.1, 0.15) is 26.8 Å². The first kappa shape index (κ1) is 19.8. The van der Waals surface area contributed by atoms with Crippen LogP contribution < -0.4 is 10.1 Å². The second-order valence-electron chi connectivity index (χ2n) is 6.70. The Morgan fingerprint density at radius 3 is 2.90 bits per heavy atom. The zero-order chi connectivity index (χ0) is 20.6. The molecular formula is C20H19N3O4S2. The van der Waals surface area contributed by atoms with Crippen LogP contribution in [0.5, 0.6) is 5.75 Å². The molecule has 1 aliphatic heterocycles. The number of hydrogen-bond acceptors (Lipinski definition) is 8. The van der Waals surface area contributed by atoms with Crippen molar-refractivity contribution in [1.29, 1.82) is 0 Å². The van der Waals surface area contributed by atoms with Crippen molar-refractivity contribution in [3.05, 3.63) is 45.9 Å². The van der Waals surface area contributed by atoms with Crippen molar-refractivity contribution in [1.82, 2.24) is 15.3 Å². The smallest absolute Gasteiger partial charge is 0.257 e. The summed E-state index contributed by atoms with van der Waals surface area (Å²) in [5, 5.41) is 14.8. The molecule has 0 unspecified atom stereocenters. The van der Waals surface area contributed by atoms with E-state index in [0.29, 0.717) is 39.3 Å². The van der Waals surface area contributed by atoms with Crippen molar-refractivity contribution in [2.45, 2.75) is 24.0 Å². The number of methoxy groups -OCH3 is 1. The Labute approximate surface area is 175 Å². The summed E-state index contributed by atoms with van der Waals surface area (Å²) in [6, 6.07) is 8.89. The van der Waals surface area contributed by atoms with E-state index in [0.717, 1.165) is 22.2 Å². The molecule has 0 bridgehead atoms. The van der Waals surface area contributed by atoms with E-state index in [1.807, 2.05) is 25.1 Å². The number of ether oxygens (including phenoxy) is 1. The van der Waals surface area contributed by atoms with Crippen molar-refractivity contribution in [2.24, 2.45) is 0 Å². The first-order valence-corrected chi connectivity index (χ1v) is 10.8. The molecule has 0 radical (unpaired) electrons. The van der Waals surface area contributed by atoms with E-state index in [1.165, 1.54) is 11.8 Å². The van der Waals surface area contributed by atoms with Gasteiger partial charge in [-0.05, 0) is 37.3 Å². The minimum Gasteiger partial charge on any atom is -0.497 e. The molecular weight excluding hydrogens is 410 g/mol. The van der Waals surface area contributed by atoms with Gasteiger partial charge in [-0.15, -0.1) is 11.3 Å². The maximum absolute atomic E-state index is 12.7. The molecule has 1 aliphatic rings. The predicted molar refractivity (Wildman–Crippen MR) is 112 cm³/mol. The van der Waals surface area contributed by atoms with Gasteiger partial charge in [-0.25, -0.2) is 9.97 Å². The summed E-state index contributed by atoms with van der Waals surface area (Å²) >= 11 is 2.50. The Morgan fingerprint density at radius 2 is 2.17 bits per heavy atom. The normalized spacial score (nSPS) is 18.8. The number of benzene rings is 1. The second-order valence-corrected chi connectivity index (χ2v) is 8.75. The standard InChI is InChI=1S/C20H19N3O4S2/c1-11-22-14-4-3-12(27-2)9-13(14)18(23-11)28-10-15(24)16-5-6-17(29-16)20(26)7-8-21-19(20)25/h3-6,9,26H,7-8,10H2,1-2H3,(H,21,25)/t20-/m0/s1. The minimum atomic E-state index is -1.53. The number of nitrogens with one attached hydrogen (secondary N) is 1. The average molecular weight is 430 g/mol. The third kappa shape index (κ3) is 3.73. The van der Waals surface area contributed by atoms with Crippen LogP contribution in [-0.4, -0.2) is 46.2 Å². The molecule has 7 nitrogen and oxygen atoms in total. The van der Waals surface area contributed by atoms with Gasteiger partial charge in [0.1, 0.15) is 16.6 Å². The lowest BCUT2D eigenvalue weighted by atomic mass is 10.0. The van der Waals surface area contributed by atoms with Gasteiger partial charge >= 0.3 is 0 Å². The number of hydrogen-bond donors (Lipinski definition) is 2. The lowest BCUT2D eigenvalue weighted by Crippen LogP contribution is -2.34. The van der Waals surface area contributed by atoms with E-state index < -0.39 is 11.5 Å². The first-order chi connectivity index (χ1) is 13.9. The molecule has 1 atom stereocenters. The highest BCUT2D eigenvalue weighted by molar-refractivity contribution is 8.00. The summed E-state index contributed by atoms with van der Waals surface area (Å²) in [5.74, 6) is 1.02. The lowest BCUT2D eigenvalue weighted by Gasteiger charge is -2.16. The summed E-state index contributed by atoms with van der Waals surface area (Å²) in [5.41, 5.74) is -0.742. The number of carbonyl (C=O) groups excluding carboxylic acids is 2. The van der Waals surface area contributed by atoms with Crippen molar-refractivity contribution >= 4 is 45.7 Å². The molecule has 3 heterocycles. The summed E-state index contributed by atoms with van der Waals surface area (Å²) in [6.45, 7) is 2.24. The van der Waals surface area contributed by atoms with Gasteiger partial charge in [0, 0.05) is 23.2 Å². The van der Waals surface area contributed by atoms with Gasteiger partial charge in [0.25, 0.3) is 5.91 Å². The number of rotatable bonds is 6. The van der Waals surface area contributed by atoms with Crippen LogP contribution in [0.2, 0.25) is 0 Å². The number of Topliss-reactive ketones (excluding diaryl/α,β-unsaturated/α-hetero) is 1. The minimum absolute atomic E-state index is 0.0828. The van der Waals surface area contributed by atoms with Crippen molar-refractivity contribution in [3.8, 4) is 5.75 Å². The zero-order valence-electron chi connectivity index (χ0n) is 15.9. The summed E-state index contributed by atoms with van der Waals surface area (Å²) < 4.78 is 5.29. The second kappa shape index (κ2) is 7.74. The molecule has 0 aliphatic carbocycles. The highest BCUT2D eigenvalue weighted by atomic mass is 32.2. The number of thiophene rings is 1. The molecule has 1 aromatic carbocycles. The van der Waals surface area contributed by atoms with Crippen LogP contribution >= 0.6 is 23.1 Å². The maximum atomic E-state index is 12.7. The molecule has 1 amide bonds. The fraction of sp³-hybridized carbons (Fsp3) is 0.300. The van der Waals surface area contributed by atoms with E-state index >= 15 is 0 Å². The maximum Gasteiger partial charge on any atom is 0.257 e. The zero-order valence-corrected chi connectivity index (χ0v) is 17.5. The fourth-order valence-corrected chi connectivity index (χ4v) is 5.28. The van der Waals surface area contributed by atoms with E-state index in [-0.39, 0.29) is 11.5 Å². The van der Waals surface area contributed by atoms with Crippen LogP contribution in [0.4, 0.5) is 0 Å². The van der Waals surface area contributed by atoms with Crippen LogP contribution in [0.15, 0.2) is 35.4 Å². The number of nitrogens with zero attached hydrogens (tertiary/aromatic N) is 2. The topological polar surface area (TPSA) is 101 Å². The average Bonchev–Trinajstić information content (AvgIpc) is 3.34. The molecule has 2 N–H and O–H groups in total. The summed E-state index contributed by atoms with van der Waals surface area (Å²) in [4.78, 5) is 34.6. The number of aromatic nitrogens is 2. The molecule has 9 heteroatoms. The van der Waals surface area contributed by atoms with Crippen LogP contribution in [0.25, 0.3) is 10.9 Å². The molecule has 2 aromatic heterocycles. The van der Waals surface area contributed by atoms with Gasteiger partial charge in [0.05, 0.1) is 23.3 Å². The van der Waals surface area contributed by atoms with Gasteiger partial charge < -0.3 is 15.2 Å². The first-order valence-electron chi connectivity index (χ1n) is 9.00. The summed E-state index contributed by atoms with van der Waals surface area (Å²) in [6.07, 6.45) is 0.308. The molecule has 150 valence electrons. The van der Waals surface area contributed by atoms with Crippen molar-refractivity contribution in [2.75, 3.05) is 19.4 Å². The van der Waals surface area contributed by atoms with Gasteiger partial charge in [-0.1, -0.05) is 11.8 Å². The highest BCUT2D eigenvalue weighted by Crippen LogP contribution is 2.35. The Kier molecular flexibility index (Phi) is 5.28. The summed E-state index contributed by atoms with van der Waals surface area (Å²) in [7, 11) is 1.60. The predicted octanol–water partition coefficient (Wildman–Crippen LogP) is 2.69. The molecule has 29 heavy (non-hydrogen) atoms. The largest absolute Gasteiger partial charge is 0.497 e. The Morgan fingerprint density at radius 1 is 1.34 bits per heavy atom. The Hall–Kier alpha value is -2.49. The quantitative estimate of drug-likeness (QED) is 0.353. The molecule has 0 saturated carbocycles. The molecule has 0 spiro atoms. The monoisotopic (exact) mass is 429 g/mol. The third-order valence-electron chi connectivity index (χ3n) is 4.76. The number of ketones is 1. The number of aliphatic hydroxyl groups is 1. The highest BCUT2D eigenvalue weighted by Gasteiger charge is 2.43. The number of amides is 1. The fourth-order valence-electron chi connectivity index (χ4n) is 3.19. The Balaban J connectivity index is 1.54. The van der Waals surface area contributed by atoms with E-state index in [2.05, 4.69) is 15.3 Å². The van der Waals surface area contributed by atoms with E-state index in [4.69, 9.17) is 4.74 Å². The van der Waals surface area contributed by atoms with E-state index in [1.54, 1.807) is 19.2 Å². The SMILES string of the molecule is COc1ccc2nc(C)nc(SCC(=O)c3ccc([C@@]4(O)CCNC4=O)s3)c2c1. The van der Waals surface area contributed by atoms with Gasteiger partial charge in [0.2, 0.25) is 0 Å². The van der Waals surface area contributed by atoms with Crippen LogP contribution in [0, 0.1) is 6.92 Å². The number of thioether (sulfide) groups is 1. The van der Waals surface area contributed by atoms with Gasteiger partial charge in [-0.2, -0.15) is 0 Å². The van der Waals surface area contributed by atoms with Crippen molar-refractivity contribution in [3.63, 3.8) is 0 Å². The Bertz CT molecular complexity index is 1110. The van der Waals surface area contributed by atoms with E-state index in [9.17, 15) is 14.7 Å². The van der Waals surface area contributed by atoms with Crippen molar-refractivity contribution < 1.29 is 19.4 Å². The molecule has 3 aromatic rings. The molecule has 1 fully saturated rings. The number of aryl methyl sites for hydroxylation is 1. The third-order valence-corrected chi connectivity index (χ3v) is 7.02. The number of carbonyl (C=O) groups is 2. The van der Waals surface area contributed by atoms with Crippen LogP contribution in [0.3, 0.4) is 0 Å². The van der Waals surface area contributed by atoms with Gasteiger partial charge in [0.15, 0.2) is 11.4 Å². The lowest BCUT2D eigenvalue weighted by molar-refractivity contribution is -0.135. The molecule has 4 rings (SSSR count). The van der Waals surface area contributed by atoms with Crippen LogP contribution in [-0.2, 0) is 10.4 Å². The number of fused-ring (bicyclic) bond motifs is 1.